The fourth-order valence-corrected chi connectivity index (χ4v) is 4.06. The van der Waals surface area contributed by atoms with Crippen molar-refractivity contribution >= 4 is 38.8 Å². The van der Waals surface area contributed by atoms with Crippen molar-refractivity contribution in [3.05, 3.63) is 83.4 Å². The molecular formula is C23H21N3O2S. The molecule has 0 saturated heterocycles. The van der Waals surface area contributed by atoms with Gasteiger partial charge in [-0.15, -0.1) is 11.3 Å². The Kier molecular flexibility index (Phi) is 5.72. The molecule has 0 spiro atoms. The van der Waals surface area contributed by atoms with E-state index < -0.39 is 0 Å². The number of para-hydroxylation sites is 2. The number of methoxy groups -OCH3 is 1. The number of thiazole rings is 1. The summed E-state index contributed by atoms with van der Waals surface area (Å²) in [5, 5.41) is 9.03. The number of nitrogens with one attached hydrogen (secondary N) is 2. The molecule has 1 amide bonds. The molecule has 146 valence electrons. The van der Waals surface area contributed by atoms with E-state index in [9.17, 15) is 4.79 Å². The molecule has 0 bridgehead atoms. The molecule has 6 heteroatoms. The van der Waals surface area contributed by atoms with Crippen LogP contribution in [0.4, 0.5) is 10.8 Å². The summed E-state index contributed by atoms with van der Waals surface area (Å²) in [5.74, 6) is 0.550. The van der Waals surface area contributed by atoms with Gasteiger partial charge in [0, 0.05) is 17.5 Å². The Morgan fingerprint density at radius 1 is 1.03 bits per heavy atom. The van der Waals surface area contributed by atoms with E-state index in [4.69, 9.17) is 4.74 Å². The third-order valence-electron chi connectivity index (χ3n) is 4.59. The average Bonchev–Trinajstić information content (AvgIpc) is 3.19. The van der Waals surface area contributed by atoms with Gasteiger partial charge in [0.1, 0.15) is 5.75 Å². The lowest BCUT2D eigenvalue weighted by Crippen LogP contribution is -2.21. The lowest BCUT2D eigenvalue weighted by molar-refractivity contribution is -0.114. The van der Waals surface area contributed by atoms with Gasteiger partial charge in [0.2, 0.25) is 5.91 Å². The van der Waals surface area contributed by atoms with Crippen LogP contribution in [-0.4, -0.2) is 24.5 Å². The van der Waals surface area contributed by atoms with Gasteiger partial charge in [0.25, 0.3) is 0 Å². The second kappa shape index (κ2) is 8.75. The highest BCUT2D eigenvalue weighted by molar-refractivity contribution is 7.15. The minimum Gasteiger partial charge on any atom is -0.495 e. The number of hydrogen-bond acceptors (Lipinski definition) is 5. The molecule has 0 unspecified atom stereocenters. The molecule has 0 aliphatic rings. The maximum atomic E-state index is 12.3. The third-order valence-corrected chi connectivity index (χ3v) is 5.50. The van der Waals surface area contributed by atoms with E-state index in [1.165, 1.54) is 27.7 Å². The van der Waals surface area contributed by atoms with Gasteiger partial charge in [0.15, 0.2) is 5.13 Å². The number of hydrogen-bond donors (Lipinski definition) is 2. The predicted molar refractivity (Wildman–Crippen MR) is 119 cm³/mol. The second-order valence-corrected chi connectivity index (χ2v) is 7.66. The molecular weight excluding hydrogens is 382 g/mol. The van der Waals surface area contributed by atoms with Crippen molar-refractivity contribution in [2.24, 2.45) is 0 Å². The van der Waals surface area contributed by atoms with Gasteiger partial charge in [-0.1, -0.05) is 54.6 Å². The summed E-state index contributed by atoms with van der Waals surface area (Å²) in [6, 6.07) is 22.2. The van der Waals surface area contributed by atoms with Gasteiger partial charge in [0.05, 0.1) is 19.3 Å². The molecule has 0 aliphatic heterocycles. The molecule has 1 heterocycles. The summed E-state index contributed by atoms with van der Waals surface area (Å²) in [6.45, 7) is 0.138. The Labute approximate surface area is 173 Å². The van der Waals surface area contributed by atoms with E-state index in [0.29, 0.717) is 10.9 Å². The zero-order valence-corrected chi connectivity index (χ0v) is 16.8. The van der Waals surface area contributed by atoms with Crippen LogP contribution in [0.2, 0.25) is 0 Å². The Balaban J connectivity index is 1.38. The van der Waals surface area contributed by atoms with Gasteiger partial charge >= 0.3 is 0 Å². The monoisotopic (exact) mass is 403 g/mol. The number of amides is 1. The normalized spacial score (nSPS) is 10.7. The summed E-state index contributed by atoms with van der Waals surface area (Å²) < 4.78 is 5.28. The number of nitrogens with zero attached hydrogens (tertiary/aromatic N) is 1. The minimum atomic E-state index is -0.151. The molecule has 29 heavy (non-hydrogen) atoms. The van der Waals surface area contributed by atoms with E-state index in [0.717, 1.165) is 17.0 Å². The van der Waals surface area contributed by atoms with Gasteiger partial charge < -0.3 is 15.4 Å². The third kappa shape index (κ3) is 4.55. The van der Waals surface area contributed by atoms with Crippen LogP contribution in [0.5, 0.6) is 5.75 Å². The molecule has 2 N–H and O–H groups in total. The fourth-order valence-electron chi connectivity index (χ4n) is 3.21. The zero-order valence-electron chi connectivity index (χ0n) is 16.0. The molecule has 0 aliphatic carbocycles. The Morgan fingerprint density at radius 2 is 1.83 bits per heavy atom. The van der Waals surface area contributed by atoms with E-state index in [2.05, 4.69) is 52.0 Å². The molecule has 5 nitrogen and oxygen atoms in total. The topological polar surface area (TPSA) is 63.2 Å². The number of rotatable bonds is 7. The predicted octanol–water partition coefficient (Wildman–Crippen LogP) is 4.95. The van der Waals surface area contributed by atoms with Crippen molar-refractivity contribution in [1.29, 1.82) is 0 Å². The Morgan fingerprint density at radius 3 is 2.72 bits per heavy atom. The van der Waals surface area contributed by atoms with Gasteiger partial charge in [-0.2, -0.15) is 0 Å². The van der Waals surface area contributed by atoms with Crippen LogP contribution in [0.15, 0.2) is 72.9 Å². The lowest BCUT2D eigenvalue weighted by atomic mass is 10.0. The van der Waals surface area contributed by atoms with Crippen LogP contribution in [0, 0.1) is 0 Å². The van der Waals surface area contributed by atoms with Crippen molar-refractivity contribution in [3.63, 3.8) is 0 Å². The summed E-state index contributed by atoms with van der Waals surface area (Å²) in [6.07, 6.45) is 2.62. The molecule has 4 rings (SSSR count). The summed E-state index contributed by atoms with van der Waals surface area (Å²) in [5.41, 5.74) is 2.03. The molecule has 4 aromatic rings. The van der Waals surface area contributed by atoms with Crippen molar-refractivity contribution < 1.29 is 9.53 Å². The van der Waals surface area contributed by atoms with Crippen LogP contribution < -0.4 is 15.4 Å². The summed E-state index contributed by atoms with van der Waals surface area (Å²) in [7, 11) is 1.60. The number of carbonyl (C=O) groups is 1. The van der Waals surface area contributed by atoms with Crippen LogP contribution in [0.1, 0.15) is 10.4 Å². The summed E-state index contributed by atoms with van der Waals surface area (Å²) in [4.78, 5) is 17.7. The highest BCUT2D eigenvalue weighted by Gasteiger charge is 2.10. The van der Waals surface area contributed by atoms with Crippen molar-refractivity contribution in [3.8, 4) is 5.75 Å². The first-order valence-corrected chi connectivity index (χ1v) is 10.1. The first-order chi connectivity index (χ1) is 14.2. The van der Waals surface area contributed by atoms with E-state index in [-0.39, 0.29) is 12.5 Å². The first-order valence-electron chi connectivity index (χ1n) is 9.31. The Hall–Kier alpha value is -3.38. The van der Waals surface area contributed by atoms with Gasteiger partial charge in [-0.25, -0.2) is 4.98 Å². The van der Waals surface area contributed by atoms with E-state index >= 15 is 0 Å². The van der Waals surface area contributed by atoms with E-state index in [1.54, 1.807) is 7.11 Å². The number of ether oxygens (including phenoxy) is 1. The average molecular weight is 404 g/mol. The van der Waals surface area contributed by atoms with Gasteiger partial charge in [-0.3, -0.25) is 4.79 Å². The molecule has 0 radical (unpaired) electrons. The fraction of sp³-hybridized carbons (Fsp3) is 0.130. The van der Waals surface area contributed by atoms with Crippen LogP contribution in [0.3, 0.4) is 0 Å². The standard InChI is InChI=1S/C23H21N3O2S/c1-28-21-12-5-4-11-20(21)24-15-22(27)26-23-25-14-18(29-23)13-17-9-6-8-16-7-2-3-10-19(16)17/h2-12,14,24H,13,15H2,1H3,(H,25,26,27). The smallest absolute Gasteiger partial charge is 0.245 e. The number of aromatic nitrogens is 1. The molecule has 0 fully saturated rings. The minimum absolute atomic E-state index is 0.138. The highest BCUT2D eigenvalue weighted by atomic mass is 32.1. The molecule has 0 atom stereocenters. The second-order valence-electron chi connectivity index (χ2n) is 6.55. The van der Waals surface area contributed by atoms with Gasteiger partial charge in [-0.05, 0) is 28.5 Å². The molecule has 3 aromatic carbocycles. The van der Waals surface area contributed by atoms with Crippen LogP contribution in [-0.2, 0) is 11.2 Å². The zero-order chi connectivity index (χ0) is 20.1. The van der Waals surface area contributed by atoms with Crippen LogP contribution >= 0.6 is 11.3 Å². The molecule has 1 aromatic heterocycles. The first kappa shape index (κ1) is 19.0. The quantitative estimate of drug-likeness (QED) is 0.458. The summed E-state index contributed by atoms with van der Waals surface area (Å²) >= 11 is 1.50. The van der Waals surface area contributed by atoms with E-state index in [1.807, 2.05) is 36.5 Å². The maximum absolute atomic E-state index is 12.3. The number of benzene rings is 3. The van der Waals surface area contributed by atoms with Crippen molar-refractivity contribution in [2.45, 2.75) is 6.42 Å². The number of carbonyl (C=O) groups excluding carboxylic acids is 1. The SMILES string of the molecule is COc1ccccc1NCC(=O)Nc1ncc(Cc2cccc3ccccc23)s1. The number of anilines is 2. The number of fused-ring (bicyclic) bond motifs is 1. The largest absolute Gasteiger partial charge is 0.495 e. The lowest BCUT2D eigenvalue weighted by Gasteiger charge is -2.10. The maximum Gasteiger partial charge on any atom is 0.245 e. The highest BCUT2D eigenvalue weighted by Crippen LogP contribution is 2.26. The van der Waals surface area contributed by atoms with Crippen LogP contribution in [0.25, 0.3) is 10.8 Å². The Bertz CT molecular complexity index is 1130. The van der Waals surface area contributed by atoms with Crippen molar-refractivity contribution in [1.82, 2.24) is 4.98 Å². The van der Waals surface area contributed by atoms with Crippen molar-refractivity contribution in [2.75, 3.05) is 24.3 Å². The molecule has 0 saturated carbocycles.